The van der Waals surface area contributed by atoms with Crippen molar-refractivity contribution >= 4 is 29.3 Å². The second-order valence-electron chi connectivity index (χ2n) is 7.86. The molecule has 0 saturated carbocycles. The molecule has 6 nitrogen and oxygen atoms in total. The maximum atomic E-state index is 13.0. The SMILES string of the molecule is Cc1ccc(C(=O)COC(=O)c2ccc3c(c2)C(=O)N(c2cc(C)ccc2C)C3=O)cc1. The van der Waals surface area contributed by atoms with Gasteiger partial charge in [-0.1, -0.05) is 42.0 Å². The van der Waals surface area contributed by atoms with Crippen molar-refractivity contribution in [1.29, 1.82) is 0 Å². The smallest absolute Gasteiger partial charge is 0.338 e. The molecular formula is C26H21NO5. The number of rotatable bonds is 5. The molecule has 1 aliphatic heterocycles. The molecular weight excluding hydrogens is 406 g/mol. The fourth-order valence-corrected chi connectivity index (χ4v) is 3.58. The van der Waals surface area contributed by atoms with Crippen LogP contribution in [-0.4, -0.2) is 30.2 Å². The number of carbonyl (C=O) groups is 4. The van der Waals surface area contributed by atoms with Crippen molar-refractivity contribution in [2.24, 2.45) is 0 Å². The van der Waals surface area contributed by atoms with Crippen LogP contribution in [0.2, 0.25) is 0 Å². The minimum atomic E-state index is -0.737. The van der Waals surface area contributed by atoms with Crippen molar-refractivity contribution in [3.8, 4) is 0 Å². The zero-order chi connectivity index (χ0) is 23.0. The van der Waals surface area contributed by atoms with E-state index in [4.69, 9.17) is 4.74 Å². The fourth-order valence-electron chi connectivity index (χ4n) is 3.58. The van der Waals surface area contributed by atoms with Crippen LogP contribution in [0.5, 0.6) is 0 Å². The van der Waals surface area contributed by atoms with Gasteiger partial charge in [0.15, 0.2) is 12.4 Å². The summed E-state index contributed by atoms with van der Waals surface area (Å²) in [5.41, 5.74) is 4.16. The van der Waals surface area contributed by atoms with Crippen LogP contribution in [0.1, 0.15) is 58.1 Å². The molecule has 0 spiro atoms. The van der Waals surface area contributed by atoms with E-state index in [1.807, 2.05) is 32.9 Å². The van der Waals surface area contributed by atoms with E-state index in [1.165, 1.54) is 18.2 Å². The van der Waals surface area contributed by atoms with Crippen LogP contribution in [-0.2, 0) is 4.74 Å². The summed E-state index contributed by atoms with van der Waals surface area (Å²) in [4.78, 5) is 51.8. The van der Waals surface area contributed by atoms with Crippen LogP contribution in [0.15, 0.2) is 60.7 Å². The third kappa shape index (κ3) is 3.83. The van der Waals surface area contributed by atoms with Gasteiger partial charge in [0, 0.05) is 5.56 Å². The van der Waals surface area contributed by atoms with Crippen molar-refractivity contribution < 1.29 is 23.9 Å². The van der Waals surface area contributed by atoms with Crippen LogP contribution < -0.4 is 4.90 Å². The number of hydrogen-bond acceptors (Lipinski definition) is 5. The normalized spacial score (nSPS) is 12.7. The van der Waals surface area contributed by atoms with Gasteiger partial charge in [-0.05, 0) is 56.2 Å². The Hall–Kier alpha value is -4.06. The summed E-state index contributed by atoms with van der Waals surface area (Å²) in [6.07, 6.45) is 0. The first kappa shape index (κ1) is 21.2. The number of hydrogen-bond donors (Lipinski definition) is 0. The molecule has 2 amide bonds. The molecule has 4 rings (SSSR count). The minimum Gasteiger partial charge on any atom is -0.454 e. The number of fused-ring (bicyclic) bond motifs is 1. The van der Waals surface area contributed by atoms with E-state index in [9.17, 15) is 19.2 Å². The molecule has 3 aromatic carbocycles. The molecule has 0 radical (unpaired) electrons. The van der Waals surface area contributed by atoms with Crippen LogP contribution >= 0.6 is 0 Å². The Morgan fingerprint density at radius 3 is 2.09 bits per heavy atom. The lowest BCUT2D eigenvalue weighted by molar-refractivity contribution is 0.0474. The summed E-state index contributed by atoms with van der Waals surface area (Å²) >= 11 is 0. The average molecular weight is 427 g/mol. The van der Waals surface area contributed by atoms with Crippen molar-refractivity contribution in [2.75, 3.05) is 11.5 Å². The number of carbonyl (C=O) groups excluding carboxylic acids is 4. The molecule has 32 heavy (non-hydrogen) atoms. The Bertz CT molecular complexity index is 1270. The molecule has 0 aromatic heterocycles. The summed E-state index contributed by atoms with van der Waals surface area (Å²) in [6, 6.07) is 16.7. The molecule has 0 bridgehead atoms. The summed E-state index contributed by atoms with van der Waals surface area (Å²) < 4.78 is 5.14. The van der Waals surface area contributed by atoms with Crippen LogP contribution in [0.4, 0.5) is 5.69 Å². The van der Waals surface area contributed by atoms with Gasteiger partial charge in [0.2, 0.25) is 0 Å². The van der Waals surface area contributed by atoms with Crippen LogP contribution in [0.25, 0.3) is 0 Å². The summed E-state index contributed by atoms with van der Waals surface area (Å²) in [6.45, 7) is 5.20. The highest BCUT2D eigenvalue weighted by Gasteiger charge is 2.38. The van der Waals surface area contributed by atoms with Gasteiger partial charge in [-0.2, -0.15) is 0 Å². The number of esters is 1. The highest BCUT2D eigenvalue weighted by Crippen LogP contribution is 2.31. The molecule has 0 unspecified atom stereocenters. The predicted molar refractivity (Wildman–Crippen MR) is 119 cm³/mol. The first-order valence-corrected chi connectivity index (χ1v) is 10.1. The molecule has 1 aliphatic rings. The largest absolute Gasteiger partial charge is 0.454 e. The summed E-state index contributed by atoms with van der Waals surface area (Å²) in [5.74, 6) is -2.00. The van der Waals surface area contributed by atoms with Crippen molar-refractivity contribution in [2.45, 2.75) is 20.8 Å². The van der Waals surface area contributed by atoms with E-state index in [-0.39, 0.29) is 22.5 Å². The monoisotopic (exact) mass is 427 g/mol. The number of Topliss-reactive ketones (excluding diaryl/α,β-unsaturated/α-hetero) is 1. The molecule has 3 aromatic rings. The molecule has 0 N–H and O–H groups in total. The predicted octanol–water partition coefficient (Wildman–Crippen LogP) is 4.45. The second kappa shape index (κ2) is 8.23. The van der Waals surface area contributed by atoms with E-state index in [1.54, 1.807) is 30.3 Å². The second-order valence-corrected chi connectivity index (χ2v) is 7.86. The number of imide groups is 1. The van der Waals surface area contributed by atoms with Gasteiger partial charge in [-0.15, -0.1) is 0 Å². The number of ketones is 1. The van der Waals surface area contributed by atoms with Crippen molar-refractivity contribution in [3.05, 3.63) is 99.6 Å². The van der Waals surface area contributed by atoms with Crippen molar-refractivity contribution in [3.63, 3.8) is 0 Å². The van der Waals surface area contributed by atoms with Gasteiger partial charge < -0.3 is 4.74 Å². The molecule has 160 valence electrons. The molecule has 0 fully saturated rings. The Labute approximate surface area is 185 Å². The van der Waals surface area contributed by atoms with E-state index in [2.05, 4.69) is 0 Å². The maximum Gasteiger partial charge on any atom is 0.338 e. The minimum absolute atomic E-state index is 0.101. The topological polar surface area (TPSA) is 80.8 Å². The van der Waals surface area contributed by atoms with Gasteiger partial charge in [0.05, 0.1) is 22.4 Å². The third-order valence-electron chi connectivity index (χ3n) is 5.44. The number of aryl methyl sites for hydroxylation is 3. The van der Waals surface area contributed by atoms with Gasteiger partial charge in [-0.25, -0.2) is 9.69 Å². The van der Waals surface area contributed by atoms with Gasteiger partial charge in [0.25, 0.3) is 11.8 Å². The van der Waals surface area contributed by atoms with Crippen molar-refractivity contribution in [1.82, 2.24) is 0 Å². The number of amides is 2. The highest BCUT2D eigenvalue weighted by atomic mass is 16.5. The number of anilines is 1. The van der Waals surface area contributed by atoms with E-state index in [0.717, 1.165) is 21.6 Å². The first-order chi connectivity index (χ1) is 15.3. The lowest BCUT2D eigenvalue weighted by Crippen LogP contribution is -2.30. The number of benzene rings is 3. The molecule has 0 atom stereocenters. The Morgan fingerprint density at radius 1 is 0.750 bits per heavy atom. The third-order valence-corrected chi connectivity index (χ3v) is 5.44. The first-order valence-electron chi connectivity index (χ1n) is 10.1. The van der Waals surface area contributed by atoms with Gasteiger partial charge in [0.1, 0.15) is 0 Å². The zero-order valence-electron chi connectivity index (χ0n) is 18.0. The van der Waals surface area contributed by atoms with Crippen LogP contribution in [0.3, 0.4) is 0 Å². The Morgan fingerprint density at radius 2 is 1.38 bits per heavy atom. The van der Waals surface area contributed by atoms with E-state index in [0.29, 0.717) is 11.3 Å². The van der Waals surface area contributed by atoms with Gasteiger partial charge >= 0.3 is 5.97 Å². The number of ether oxygens (including phenoxy) is 1. The fraction of sp³-hybridized carbons (Fsp3) is 0.154. The molecule has 6 heteroatoms. The Kier molecular flexibility index (Phi) is 5.45. The average Bonchev–Trinajstić information content (AvgIpc) is 3.03. The van der Waals surface area contributed by atoms with E-state index >= 15 is 0 Å². The van der Waals surface area contributed by atoms with Gasteiger partial charge in [-0.3, -0.25) is 14.4 Å². The zero-order valence-corrected chi connectivity index (χ0v) is 18.0. The number of nitrogens with zero attached hydrogens (tertiary/aromatic N) is 1. The quantitative estimate of drug-likeness (QED) is 0.341. The van der Waals surface area contributed by atoms with E-state index < -0.39 is 24.4 Å². The molecule has 0 saturated heterocycles. The summed E-state index contributed by atoms with van der Waals surface area (Å²) in [5, 5.41) is 0. The highest BCUT2D eigenvalue weighted by molar-refractivity contribution is 6.35. The standard InChI is InChI=1S/C26H21NO5/c1-15-5-8-18(9-6-15)23(28)14-32-26(31)19-10-11-20-21(13-19)25(30)27(24(20)29)22-12-16(2)4-7-17(22)3/h4-13H,14H2,1-3H3. The summed E-state index contributed by atoms with van der Waals surface area (Å²) in [7, 11) is 0. The van der Waals surface area contributed by atoms with Crippen LogP contribution in [0, 0.1) is 20.8 Å². The lowest BCUT2D eigenvalue weighted by atomic mass is 10.1. The maximum absolute atomic E-state index is 13.0. The Balaban J connectivity index is 1.53. The molecule has 1 heterocycles. The lowest BCUT2D eigenvalue weighted by Gasteiger charge is -2.17. The molecule has 0 aliphatic carbocycles.